The number of halogens is 3. The van der Waals surface area contributed by atoms with E-state index in [2.05, 4.69) is 0 Å². The molecule has 0 aliphatic carbocycles. The number of nitrogens with two attached hydrogens (primary N) is 1. The Kier molecular flexibility index (Phi) is 5.95. The van der Waals surface area contributed by atoms with Crippen LogP contribution in [0.4, 0.5) is 5.69 Å². The van der Waals surface area contributed by atoms with Crippen LogP contribution in [-0.4, -0.2) is 20.9 Å². The monoisotopic (exact) mass is 407 g/mol. The summed E-state index contributed by atoms with van der Waals surface area (Å²) in [5, 5.41) is 0.436. The van der Waals surface area contributed by atoms with Crippen LogP contribution in [0, 0.1) is 0 Å². The Morgan fingerprint density at radius 2 is 1.71 bits per heavy atom. The zero-order valence-corrected chi connectivity index (χ0v) is 15.1. The van der Waals surface area contributed by atoms with Gasteiger partial charge in [-0.2, -0.15) is 0 Å². The van der Waals surface area contributed by atoms with Gasteiger partial charge in [0.2, 0.25) is 0 Å². The molecule has 0 unspecified atom stereocenters. The van der Waals surface area contributed by atoms with Crippen LogP contribution in [0.25, 0.3) is 0 Å². The number of amides is 1. The highest BCUT2D eigenvalue weighted by Crippen LogP contribution is 2.32. The lowest BCUT2D eigenvalue weighted by Gasteiger charge is -2.24. The zero-order valence-electron chi connectivity index (χ0n) is 12.0. The summed E-state index contributed by atoms with van der Waals surface area (Å²) >= 11 is 17.8. The molecule has 0 saturated heterocycles. The van der Waals surface area contributed by atoms with E-state index in [0.717, 1.165) is 4.31 Å². The fourth-order valence-corrected chi connectivity index (χ4v) is 4.01. The number of anilines is 1. The summed E-state index contributed by atoms with van der Waals surface area (Å²) in [5.74, 6) is 4.36. The number of rotatable bonds is 5. The number of nitrogens with one attached hydrogen (secondary N) is 1. The molecule has 0 aliphatic rings. The van der Waals surface area contributed by atoms with Crippen LogP contribution in [0.2, 0.25) is 15.1 Å². The predicted molar refractivity (Wildman–Crippen MR) is 94.8 cm³/mol. The number of sulfonamides is 1. The van der Waals surface area contributed by atoms with Gasteiger partial charge < -0.3 is 0 Å². The lowest BCUT2D eigenvalue weighted by atomic mass is 10.3. The SMILES string of the molecule is NNC(=O)CN(c1ccccc1Cl)S(=O)(=O)c1ccc(Cl)c(Cl)c1. The topological polar surface area (TPSA) is 92.5 Å². The highest BCUT2D eigenvalue weighted by molar-refractivity contribution is 7.92. The molecule has 24 heavy (non-hydrogen) atoms. The van der Waals surface area contributed by atoms with E-state index in [1.807, 2.05) is 5.43 Å². The molecule has 6 nitrogen and oxygen atoms in total. The molecule has 3 N–H and O–H groups in total. The summed E-state index contributed by atoms with van der Waals surface area (Å²) in [7, 11) is -4.13. The normalized spacial score (nSPS) is 11.2. The first-order chi connectivity index (χ1) is 11.3. The molecule has 10 heteroatoms. The van der Waals surface area contributed by atoms with Crippen molar-refractivity contribution in [1.82, 2.24) is 5.43 Å². The van der Waals surface area contributed by atoms with Crippen molar-refractivity contribution >= 4 is 56.4 Å². The van der Waals surface area contributed by atoms with Gasteiger partial charge in [0, 0.05) is 0 Å². The van der Waals surface area contributed by atoms with Gasteiger partial charge in [0.1, 0.15) is 6.54 Å². The molecule has 0 aromatic heterocycles. The summed E-state index contributed by atoms with van der Waals surface area (Å²) < 4.78 is 26.7. The van der Waals surface area contributed by atoms with Crippen molar-refractivity contribution in [3.05, 3.63) is 57.5 Å². The summed E-state index contributed by atoms with van der Waals surface area (Å²) in [6, 6.07) is 10.1. The van der Waals surface area contributed by atoms with Crippen molar-refractivity contribution in [2.75, 3.05) is 10.8 Å². The third-order valence-corrected chi connectivity index (χ3v) is 5.86. The van der Waals surface area contributed by atoms with E-state index in [9.17, 15) is 13.2 Å². The molecule has 2 aromatic rings. The Hall–Kier alpha value is -1.51. The summed E-state index contributed by atoms with van der Waals surface area (Å²) in [5.41, 5.74) is 2.03. The number of carbonyl (C=O) groups excluding carboxylic acids is 1. The Labute approximate surface area is 154 Å². The first kappa shape index (κ1) is 18.8. The van der Waals surface area contributed by atoms with Gasteiger partial charge in [-0.25, -0.2) is 14.3 Å². The van der Waals surface area contributed by atoms with Gasteiger partial charge in [0.05, 0.1) is 25.7 Å². The summed E-state index contributed by atoms with van der Waals surface area (Å²) in [6.45, 7) is -0.553. The van der Waals surface area contributed by atoms with Crippen LogP contribution in [-0.2, 0) is 14.8 Å². The van der Waals surface area contributed by atoms with Gasteiger partial charge in [-0.05, 0) is 30.3 Å². The van der Waals surface area contributed by atoms with Gasteiger partial charge in [0.25, 0.3) is 15.9 Å². The molecule has 2 aromatic carbocycles. The van der Waals surface area contributed by atoms with E-state index in [-0.39, 0.29) is 25.7 Å². The fourth-order valence-electron chi connectivity index (χ4n) is 1.89. The molecular formula is C14H12Cl3N3O3S. The van der Waals surface area contributed by atoms with E-state index in [1.54, 1.807) is 12.1 Å². The van der Waals surface area contributed by atoms with E-state index >= 15 is 0 Å². The van der Waals surface area contributed by atoms with Crippen LogP contribution in [0.1, 0.15) is 0 Å². The second-order valence-corrected chi connectivity index (χ2v) is 7.69. The van der Waals surface area contributed by atoms with E-state index in [4.69, 9.17) is 40.6 Å². The molecule has 0 heterocycles. The highest BCUT2D eigenvalue weighted by atomic mass is 35.5. The molecule has 0 spiro atoms. The van der Waals surface area contributed by atoms with Crippen LogP contribution >= 0.6 is 34.8 Å². The van der Waals surface area contributed by atoms with Crippen LogP contribution < -0.4 is 15.6 Å². The van der Waals surface area contributed by atoms with Gasteiger partial charge in [-0.1, -0.05) is 46.9 Å². The minimum Gasteiger partial charge on any atom is -0.293 e. The molecule has 2 rings (SSSR count). The highest BCUT2D eigenvalue weighted by Gasteiger charge is 2.28. The standard InChI is InChI=1S/C14H12Cl3N3O3S/c15-10-6-5-9(7-12(10)17)24(22,23)20(8-14(21)19-18)13-4-2-1-3-11(13)16/h1-7H,8,18H2,(H,19,21). The van der Waals surface area contributed by atoms with Crippen molar-refractivity contribution in [2.45, 2.75) is 4.90 Å². The van der Waals surface area contributed by atoms with Gasteiger partial charge in [-0.3, -0.25) is 14.5 Å². The number of hydrogen-bond acceptors (Lipinski definition) is 4. The maximum atomic E-state index is 12.9. The molecule has 1 amide bonds. The van der Waals surface area contributed by atoms with Gasteiger partial charge in [-0.15, -0.1) is 0 Å². The average Bonchev–Trinajstić information content (AvgIpc) is 2.55. The third-order valence-electron chi connectivity index (χ3n) is 3.05. The number of hydrazine groups is 1. The lowest BCUT2D eigenvalue weighted by Crippen LogP contribution is -2.43. The van der Waals surface area contributed by atoms with Crippen molar-refractivity contribution < 1.29 is 13.2 Å². The molecule has 0 fully saturated rings. The summed E-state index contributed by atoms with van der Waals surface area (Å²) in [6.07, 6.45) is 0. The quantitative estimate of drug-likeness (QED) is 0.452. The number of carbonyl (C=O) groups is 1. The fraction of sp³-hybridized carbons (Fsp3) is 0.0714. The Balaban J connectivity index is 2.59. The number of hydrogen-bond donors (Lipinski definition) is 2. The molecule has 0 bridgehead atoms. The van der Waals surface area contributed by atoms with Gasteiger partial charge >= 0.3 is 0 Å². The van der Waals surface area contributed by atoms with Crippen molar-refractivity contribution in [2.24, 2.45) is 5.84 Å². The van der Waals surface area contributed by atoms with Crippen molar-refractivity contribution in [3.63, 3.8) is 0 Å². The lowest BCUT2D eigenvalue weighted by molar-refractivity contribution is -0.119. The largest absolute Gasteiger partial charge is 0.293 e. The number of nitrogens with zero attached hydrogens (tertiary/aromatic N) is 1. The maximum absolute atomic E-state index is 12.9. The Bertz CT molecular complexity index is 875. The van der Waals surface area contributed by atoms with Crippen molar-refractivity contribution in [1.29, 1.82) is 0 Å². The van der Waals surface area contributed by atoms with Crippen LogP contribution in [0.3, 0.4) is 0 Å². The van der Waals surface area contributed by atoms with Crippen LogP contribution in [0.5, 0.6) is 0 Å². The Morgan fingerprint density at radius 3 is 2.29 bits per heavy atom. The predicted octanol–water partition coefficient (Wildman–Crippen LogP) is 2.83. The molecule has 0 saturated carbocycles. The second-order valence-electron chi connectivity index (χ2n) is 4.61. The first-order valence-corrected chi connectivity index (χ1v) is 9.06. The molecule has 0 radical (unpaired) electrons. The minimum atomic E-state index is -4.13. The van der Waals surface area contributed by atoms with Gasteiger partial charge in [0.15, 0.2) is 0 Å². The smallest absolute Gasteiger partial charge is 0.264 e. The Morgan fingerprint density at radius 1 is 1.04 bits per heavy atom. The molecule has 0 atom stereocenters. The number of benzene rings is 2. The first-order valence-electron chi connectivity index (χ1n) is 6.49. The third kappa shape index (κ3) is 3.93. The summed E-state index contributed by atoms with van der Waals surface area (Å²) in [4.78, 5) is 11.5. The minimum absolute atomic E-state index is 0.0696. The second kappa shape index (κ2) is 7.58. The van der Waals surface area contributed by atoms with E-state index in [1.165, 1.54) is 30.3 Å². The van der Waals surface area contributed by atoms with E-state index in [0.29, 0.717) is 0 Å². The maximum Gasteiger partial charge on any atom is 0.264 e. The zero-order chi connectivity index (χ0) is 17.9. The molecule has 0 aliphatic heterocycles. The number of para-hydroxylation sites is 1. The average molecular weight is 409 g/mol. The molecular weight excluding hydrogens is 397 g/mol. The molecule has 128 valence electrons. The van der Waals surface area contributed by atoms with Crippen molar-refractivity contribution in [3.8, 4) is 0 Å². The van der Waals surface area contributed by atoms with Crippen LogP contribution in [0.15, 0.2) is 47.4 Å². The van der Waals surface area contributed by atoms with E-state index < -0.39 is 22.5 Å².